The summed E-state index contributed by atoms with van der Waals surface area (Å²) < 4.78 is 5.30. The molecule has 0 aliphatic heterocycles. The molecule has 2 aromatic carbocycles. The van der Waals surface area contributed by atoms with E-state index in [0.29, 0.717) is 11.3 Å². The first kappa shape index (κ1) is 15.3. The molecule has 0 radical (unpaired) electrons. The Labute approximate surface area is 128 Å². The Morgan fingerprint density at radius 2 is 2.00 bits per heavy atom. The maximum Gasteiger partial charge on any atom is 0.277 e. The lowest BCUT2D eigenvalue weighted by molar-refractivity contribution is -0.123. The molecule has 0 spiro atoms. The molecule has 1 N–H and O–H groups in total. The predicted octanol–water partition coefficient (Wildman–Crippen LogP) is 2.40. The van der Waals surface area contributed by atoms with E-state index in [2.05, 4.69) is 10.5 Å². The predicted molar refractivity (Wildman–Crippen MR) is 83.6 cm³/mol. The van der Waals surface area contributed by atoms with Gasteiger partial charge in [-0.25, -0.2) is 5.43 Å². The number of nitriles is 1. The molecular formula is C17H15N3O2. The second-order valence-corrected chi connectivity index (χ2v) is 4.57. The fourth-order valence-electron chi connectivity index (χ4n) is 1.71. The number of nitrogens with zero attached hydrogens (tertiary/aromatic N) is 2. The zero-order chi connectivity index (χ0) is 15.8. The summed E-state index contributed by atoms with van der Waals surface area (Å²) in [5, 5.41) is 12.6. The number of nitrogens with one attached hydrogen (secondary N) is 1. The minimum absolute atomic E-state index is 0.142. The van der Waals surface area contributed by atoms with Gasteiger partial charge in [0.2, 0.25) is 0 Å². The SMILES string of the molecule is Cc1ccccc1/C=N\NC(=O)COc1ccc(C#N)cc1. The molecule has 5 nitrogen and oxygen atoms in total. The minimum Gasteiger partial charge on any atom is -0.484 e. The van der Waals surface area contributed by atoms with Crippen LogP contribution in [0.25, 0.3) is 0 Å². The van der Waals surface area contributed by atoms with E-state index in [4.69, 9.17) is 10.00 Å². The summed E-state index contributed by atoms with van der Waals surface area (Å²) in [6.45, 7) is 1.83. The zero-order valence-corrected chi connectivity index (χ0v) is 12.1. The Morgan fingerprint density at radius 1 is 1.27 bits per heavy atom. The highest BCUT2D eigenvalue weighted by Crippen LogP contribution is 2.11. The molecule has 22 heavy (non-hydrogen) atoms. The molecule has 0 unspecified atom stereocenters. The molecule has 0 saturated heterocycles. The second kappa shape index (κ2) is 7.60. The van der Waals surface area contributed by atoms with Crippen molar-refractivity contribution >= 4 is 12.1 Å². The van der Waals surface area contributed by atoms with Gasteiger partial charge in [-0.15, -0.1) is 0 Å². The summed E-state index contributed by atoms with van der Waals surface area (Å²) in [5.41, 5.74) is 4.96. The molecule has 0 fully saturated rings. The minimum atomic E-state index is -0.353. The molecule has 0 aliphatic rings. The van der Waals surface area contributed by atoms with Crippen molar-refractivity contribution in [3.63, 3.8) is 0 Å². The van der Waals surface area contributed by atoms with Crippen LogP contribution >= 0.6 is 0 Å². The molecule has 0 heterocycles. The van der Waals surface area contributed by atoms with Gasteiger partial charge in [0, 0.05) is 0 Å². The monoisotopic (exact) mass is 293 g/mol. The third kappa shape index (κ3) is 4.46. The molecule has 1 amide bonds. The number of aryl methyl sites for hydroxylation is 1. The zero-order valence-electron chi connectivity index (χ0n) is 12.1. The van der Waals surface area contributed by atoms with E-state index in [1.54, 1.807) is 30.5 Å². The first-order chi connectivity index (χ1) is 10.7. The van der Waals surface area contributed by atoms with Crippen molar-refractivity contribution in [2.45, 2.75) is 6.92 Å². The van der Waals surface area contributed by atoms with E-state index in [9.17, 15) is 4.79 Å². The number of carbonyl (C=O) groups is 1. The highest BCUT2D eigenvalue weighted by atomic mass is 16.5. The van der Waals surface area contributed by atoms with Gasteiger partial charge in [0.1, 0.15) is 5.75 Å². The first-order valence-electron chi connectivity index (χ1n) is 6.69. The third-order valence-electron chi connectivity index (χ3n) is 2.93. The van der Waals surface area contributed by atoms with Crippen LogP contribution in [0.2, 0.25) is 0 Å². The average Bonchev–Trinajstić information content (AvgIpc) is 2.55. The van der Waals surface area contributed by atoms with Crippen LogP contribution in [0.5, 0.6) is 5.75 Å². The molecule has 5 heteroatoms. The fourth-order valence-corrected chi connectivity index (χ4v) is 1.71. The van der Waals surface area contributed by atoms with Gasteiger partial charge in [-0.1, -0.05) is 24.3 Å². The lowest BCUT2D eigenvalue weighted by atomic mass is 10.1. The van der Waals surface area contributed by atoms with Gasteiger partial charge in [0.25, 0.3) is 5.91 Å². The van der Waals surface area contributed by atoms with Crippen LogP contribution in [0, 0.1) is 18.3 Å². The number of carbonyl (C=O) groups excluding carboxylic acids is 1. The third-order valence-corrected chi connectivity index (χ3v) is 2.93. The lowest BCUT2D eigenvalue weighted by Crippen LogP contribution is -2.24. The van der Waals surface area contributed by atoms with Crippen molar-refractivity contribution in [2.24, 2.45) is 5.10 Å². The smallest absolute Gasteiger partial charge is 0.277 e. The van der Waals surface area contributed by atoms with Gasteiger partial charge in [0.15, 0.2) is 6.61 Å². The molecule has 0 saturated carbocycles. The van der Waals surface area contributed by atoms with Crippen LogP contribution < -0.4 is 10.2 Å². The molecule has 2 rings (SSSR count). The summed E-state index contributed by atoms with van der Waals surface area (Å²) in [7, 11) is 0. The second-order valence-electron chi connectivity index (χ2n) is 4.57. The van der Waals surface area contributed by atoms with Crippen LogP contribution in [0.15, 0.2) is 53.6 Å². The molecule has 0 aromatic heterocycles. The van der Waals surface area contributed by atoms with Crippen molar-refractivity contribution in [3.05, 3.63) is 65.2 Å². The Kier molecular flexibility index (Phi) is 5.27. The van der Waals surface area contributed by atoms with Crippen LogP contribution in [0.4, 0.5) is 0 Å². The Balaban J connectivity index is 1.80. The van der Waals surface area contributed by atoms with Crippen molar-refractivity contribution in [1.82, 2.24) is 5.43 Å². The molecule has 0 atom stereocenters. The molecule has 2 aromatic rings. The maximum absolute atomic E-state index is 11.6. The highest BCUT2D eigenvalue weighted by molar-refractivity contribution is 5.84. The van der Waals surface area contributed by atoms with Gasteiger partial charge in [-0.05, 0) is 42.3 Å². The summed E-state index contributed by atoms with van der Waals surface area (Å²) in [4.78, 5) is 11.6. The summed E-state index contributed by atoms with van der Waals surface area (Å²) >= 11 is 0. The number of hydrogen-bond acceptors (Lipinski definition) is 4. The molecule has 0 bridgehead atoms. The molecular weight excluding hydrogens is 278 g/mol. The lowest BCUT2D eigenvalue weighted by Gasteiger charge is -2.04. The average molecular weight is 293 g/mol. The quantitative estimate of drug-likeness (QED) is 0.679. The molecule has 110 valence electrons. The maximum atomic E-state index is 11.6. The van der Waals surface area contributed by atoms with Crippen molar-refractivity contribution in [2.75, 3.05) is 6.61 Å². The van der Waals surface area contributed by atoms with Crippen LogP contribution in [0.1, 0.15) is 16.7 Å². The highest BCUT2D eigenvalue weighted by Gasteiger charge is 2.01. The van der Waals surface area contributed by atoms with E-state index in [1.165, 1.54) is 0 Å². The van der Waals surface area contributed by atoms with Crippen molar-refractivity contribution in [1.29, 1.82) is 5.26 Å². The topological polar surface area (TPSA) is 74.5 Å². The van der Waals surface area contributed by atoms with E-state index in [1.807, 2.05) is 37.3 Å². The summed E-state index contributed by atoms with van der Waals surface area (Å²) in [6, 6.07) is 16.3. The molecule has 0 aliphatic carbocycles. The number of hydrogen-bond donors (Lipinski definition) is 1. The Morgan fingerprint density at radius 3 is 2.68 bits per heavy atom. The first-order valence-corrected chi connectivity index (χ1v) is 6.69. The van der Waals surface area contributed by atoms with Gasteiger partial charge >= 0.3 is 0 Å². The standard InChI is InChI=1S/C17H15N3O2/c1-13-4-2-3-5-15(13)11-19-20-17(21)12-22-16-8-6-14(10-18)7-9-16/h2-9,11H,12H2,1H3,(H,20,21)/b19-11-. The largest absolute Gasteiger partial charge is 0.484 e. The number of amides is 1. The van der Waals surface area contributed by atoms with Crippen LogP contribution in [-0.4, -0.2) is 18.7 Å². The van der Waals surface area contributed by atoms with Gasteiger partial charge < -0.3 is 4.74 Å². The van der Waals surface area contributed by atoms with E-state index < -0.39 is 0 Å². The van der Waals surface area contributed by atoms with E-state index in [-0.39, 0.29) is 12.5 Å². The summed E-state index contributed by atoms with van der Waals surface area (Å²) in [5.74, 6) is 0.172. The van der Waals surface area contributed by atoms with Gasteiger partial charge in [-0.3, -0.25) is 4.79 Å². The number of hydrazone groups is 1. The van der Waals surface area contributed by atoms with Crippen molar-refractivity contribution in [3.8, 4) is 11.8 Å². The van der Waals surface area contributed by atoms with E-state index in [0.717, 1.165) is 11.1 Å². The number of benzene rings is 2. The summed E-state index contributed by atoms with van der Waals surface area (Å²) in [6.07, 6.45) is 1.59. The Hall–Kier alpha value is -3.13. The normalized spacial score (nSPS) is 10.2. The van der Waals surface area contributed by atoms with Crippen LogP contribution in [0.3, 0.4) is 0 Å². The fraction of sp³-hybridized carbons (Fsp3) is 0.118. The number of rotatable bonds is 5. The van der Waals surface area contributed by atoms with E-state index >= 15 is 0 Å². The number of ether oxygens (including phenoxy) is 1. The Bertz CT molecular complexity index is 715. The van der Waals surface area contributed by atoms with Crippen molar-refractivity contribution < 1.29 is 9.53 Å². The van der Waals surface area contributed by atoms with Gasteiger partial charge in [0.05, 0.1) is 17.8 Å². The van der Waals surface area contributed by atoms with Crippen LogP contribution in [-0.2, 0) is 4.79 Å². The van der Waals surface area contributed by atoms with Gasteiger partial charge in [-0.2, -0.15) is 10.4 Å².